The smallest absolute Gasteiger partial charge is 0.349 e. The van der Waals surface area contributed by atoms with Gasteiger partial charge >= 0.3 is 6.18 Å². The van der Waals surface area contributed by atoms with E-state index >= 15 is 0 Å². The summed E-state index contributed by atoms with van der Waals surface area (Å²) in [5, 5.41) is 2.88. The van der Waals surface area contributed by atoms with Gasteiger partial charge in [0.25, 0.3) is 11.8 Å². The van der Waals surface area contributed by atoms with Crippen LogP contribution in [0.4, 0.5) is 19.0 Å². The van der Waals surface area contributed by atoms with Crippen molar-refractivity contribution in [3.8, 4) is 0 Å². The number of alkyl halides is 3. The van der Waals surface area contributed by atoms with Crippen LogP contribution in [0.2, 0.25) is 0 Å². The Bertz CT molecular complexity index is 984. The second-order valence-electron chi connectivity index (χ2n) is 7.22. The third kappa shape index (κ3) is 4.29. The molecule has 1 saturated carbocycles. The highest BCUT2D eigenvalue weighted by Gasteiger charge is 2.36. The first kappa shape index (κ1) is 19.9. The van der Waals surface area contributed by atoms with E-state index in [1.54, 1.807) is 29.3 Å². The zero-order chi connectivity index (χ0) is 21.3. The van der Waals surface area contributed by atoms with E-state index in [4.69, 9.17) is 0 Å². The minimum absolute atomic E-state index is 0.0438. The Morgan fingerprint density at radius 2 is 1.87 bits per heavy atom. The summed E-state index contributed by atoms with van der Waals surface area (Å²) in [4.78, 5) is 32.1. The molecule has 0 unspecified atom stereocenters. The van der Waals surface area contributed by atoms with Crippen LogP contribution in [0.1, 0.15) is 39.1 Å². The molecule has 1 aliphatic carbocycles. The number of aromatic nitrogens is 1. The number of halogens is 3. The molecule has 6 nitrogen and oxygen atoms in total. The summed E-state index contributed by atoms with van der Waals surface area (Å²) >= 11 is 0. The van der Waals surface area contributed by atoms with E-state index < -0.39 is 17.6 Å². The van der Waals surface area contributed by atoms with Gasteiger partial charge in [-0.3, -0.25) is 9.59 Å². The Morgan fingerprint density at radius 3 is 2.53 bits per heavy atom. The van der Waals surface area contributed by atoms with Gasteiger partial charge in [0.05, 0.1) is 23.4 Å². The van der Waals surface area contributed by atoms with Crippen LogP contribution in [0, 0.1) is 0 Å². The van der Waals surface area contributed by atoms with E-state index in [0.29, 0.717) is 11.4 Å². The van der Waals surface area contributed by atoms with Gasteiger partial charge in [0.2, 0.25) is 0 Å². The quantitative estimate of drug-likeness (QED) is 0.830. The van der Waals surface area contributed by atoms with Crippen LogP contribution in [-0.4, -0.2) is 41.0 Å². The van der Waals surface area contributed by atoms with Crippen molar-refractivity contribution in [1.29, 1.82) is 0 Å². The summed E-state index contributed by atoms with van der Waals surface area (Å²) in [7, 11) is 0. The standard InChI is InChI=1S/C21H19F3N4O2/c22-21(23,24)17-5-2-1-4-16(17)20(30)28-11-3-10-27(13-28)18-9-6-14(12-25-18)19(29)26-15-7-8-15/h1-6,9-10,12,15H,7-8,11,13H2,(H,26,29). The van der Waals surface area contributed by atoms with Crippen molar-refractivity contribution in [3.05, 3.63) is 71.6 Å². The van der Waals surface area contributed by atoms with Gasteiger partial charge in [-0.05, 0) is 43.2 Å². The minimum atomic E-state index is -4.62. The molecule has 0 spiro atoms. The van der Waals surface area contributed by atoms with Crippen LogP contribution in [0.15, 0.2) is 54.9 Å². The van der Waals surface area contributed by atoms with Crippen LogP contribution in [0.3, 0.4) is 0 Å². The normalized spacial score (nSPS) is 16.5. The number of carbonyl (C=O) groups is 2. The minimum Gasteiger partial charge on any atom is -0.349 e. The molecule has 0 atom stereocenters. The molecule has 30 heavy (non-hydrogen) atoms. The van der Waals surface area contributed by atoms with Crippen LogP contribution in [0.25, 0.3) is 0 Å². The maximum atomic E-state index is 13.3. The molecule has 1 fully saturated rings. The maximum absolute atomic E-state index is 13.3. The topological polar surface area (TPSA) is 65.5 Å². The molecule has 2 heterocycles. The molecule has 1 aromatic heterocycles. The lowest BCUT2D eigenvalue weighted by Crippen LogP contribution is -2.43. The van der Waals surface area contributed by atoms with Gasteiger partial charge in [-0.2, -0.15) is 13.2 Å². The largest absolute Gasteiger partial charge is 0.417 e. The Morgan fingerprint density at radius 1 is 1.10 bits per heavy atom. The number of hydrogen-bond donors (Lipinski definition) is 1. The van der Waals surface area contributed by atoms with Gasteiger partial charge in [0.15, 0.2) is 0 Å². The summed E-state index contributed by atoms with van der Waals surface area (Å²) in [6, 6.07) is 8.26. The molecule has 2 amide bonds. The molecule has 0 bridgehead atoms. The third-order valence-corrected chi connectivity index (χ3v) is 4.90. The molecule has 9 heteroatoms. The van der Waals surface area contributed by atoms with Crippen LogP contribution < -0.4 is 10.2 Å². The predicted molar refractivity (Wildman–Crippen MR) is 104 cm³/mol. The molecule has 1 aromatic carbocycles. The lowest BCUT2D eigenvalue weighted by atomic mass is 10.1. The fourth-order valence-corrected chi connectivity index (χ4v) is 3.16. The van der Waals surface area contributed by atoms with Gasteiger partial charge in [-0.15, -0.1) is 0 Å². The number of nitrogens with zero attached hydrogens (tertiary/aromatic N) is 3. The molecular weight excluding hydrogens is 397 g/mol. The number of carbonyl (C=O) groups excluding carboxylic acids is 2. The van der Waals surface area contributed by atoms with Crippen molar-refractivity contribution < 1.29 is 22.8 Å². The Labute approximate surface area is 171 Å². The number of amides is 2. The average Bonchev–Trinajstić information content (AvgIpc) is 3.57. The summed E-state index contributed by atoms with van der Waals surface area (Å²) < 4.78 is 39.8. The highest BCUT2D eigenvalue weighted by Crippen LogP contribution is 2.32. The van der Waals surface area contributed by atoms with Crippen molar-refractivity contribution >= 4 is 17.6 Å². The molecule has 2 aromatic rings. The zero-order valence-electron chi connectivity index (χ0n) is 15.9. The number of anilines is 1. The Balaban J connectivity index is 1.48. The molecule has 0 saturated heterocycles. The molecular formula is C21H19F3N4O2. The van der Waals surface area contributed by atoms with Gasteiger partial charge in [0.1, 0.15) is 5.82 Å². The number of hydrogen-bond acceptors (Lipinski definition) is 4. The number of rotatable bonds is 4. The average molecular weight is 416 g/mol. The van der Waals surface area contributed by atoms with Crippen LogP contribution in [-0.2, 0) is 6.18 Å². The highest BCUT2D eigenvalue weighted by atomic mass is 19.4. The molecule has 4 rings (SSSR count). The molecule has 0 radical (unpaired) electrons. The van der Waals surface area contributed by atoms with E-state index in [9.17, 15) is 22.8 Å². The van der Waals surface area contributed by atoms with Crippen molar-refractivity contribution in [1.82, 2.24) is 15.2 Å². The van der Waals surface area contributed by atoms with E-state index in [-0.39, 0.29) is 30.7 Å². The van der Waals surface area contributed by atoms with Crippen LogP contribution >= 0.6 is 0 Å². The molecule has 156 valence electrons. The van der Waals surface area contributed by atoms with Gasteiger partial charge < -0.3 is 15.1 Å². The van der Waals surface area contributed by atoms with E-state index in [1.165, 1.54) is 29.3 Å². The lowest BCUT2D eigenvalue weighted by Gasteiger charge is -2.32. The van der Waals surface area contributed by atoms with Crippen molar-refractivity contribution in [2.45, 2.75) is 25.1 Å². The number of pyridine rings is 1. The summed E-state index contributed by atoms with van der Waals surface area (Å²) in [6.07, 6.45) is 2.18. The summed E-state index contributed by atoms with van der Waals surface area (Å²) in [5.74, 6) is -0.417. The predicted octanol–water partition coefficient (Wildman–Crippen LogP) is 3.43. The fraction of sp³-hybridized carbons (Fsp3) is 0.286. The lowest BCUT2D eigenvalue weighted by molar-refractivity contribution is -0.138. The number of nitrogens with one attached hydrogen (secondary N) is 1. The van der Waals surface area contributed by atoms with Crippen molar-refractivity contribution in [2.75, 3.05) is 18.1 Å². The Kier molecular flexibility index (Phi) is 5.19. The fourth-order valence-electron chi connectivity index (χ4n) is 3.16. The van der Waals surface area contributed by atoms with Gasteiger partial charge in [-0.25, -0.2) is 4.98 Å². The summed E-state index contributed by atoms with van der Waals surface area (Å²) in [5.41, 5.74) is -0.917. The molecule has 2 aliphatic rings. The zero-order valence-corrected chi connectivity index (χ0v) is 15.9. The first-order valence-electron chi connectivity index (χ1n) is 9.48. The molecule has 1 aliphatic heterocycles. The number of benzene rings is 1. The highest BCUT2D eigenvalue weighted by molar-refractivity contribution is 5.96. The first-order chi connectivity index (χ1) is 14.3. The summed E-state index contributed by atoms with van der Waals surface area (Å²) in [6.45, 7) is 0.228. The van der Waals surface area contributed by atoms with Crippen LogP contribution in [0.5, 0.6) is 0 Å². The SMILES string of the molecule is O=C(NC1CC1)c1ccc(N2C=CCN(C(=O)c3ccccc3C(F)(F)F)C2)nc1. The van der Waals surface area contributed by atoms with E-state index in [0.717, 1.165) is 18.9 Å². The third-order valence-electron chi connectivity index (χ3n) is 4.90. The van der Waals surface area contributed by atoms with E-state index in [2.05, 4.69) is 10.3 Å². The Hall–Kier alpha value is -3.36. The second kappa shape index (κ2) is 7.81. The van der Waals surface area contributed by atoms with Gasteiger partial charge in [-0.1, -0.05) is 12.1 Å². The van der Waals surface area contributed by atoms with E-state index in [1.807, 2.05) is 0 Å². The first-order valence-corrected chi connectivity index (χ1v) is 9.48. The van der Waals surface area contributed by atoms with Crippen molar-refractivity contribution in [2.24, 2.45) is 0 Å². The van der Waals surface area contributed by atoms with Crippen molar-refractivity contribution in [3.63, 3.8) is 0 Å². The van der Waals surface area contributed by atoms with Gasteiger partial charge in [0, 0.05) is 25.0 Å². The second-order valence-corrected chi connectivity index (χ2v) is 7.22. The maximum Gasteiger partial charge on any atom is 0.417 e. The monoisotopic (exact) mass is 416 g/mol. The molecule has 1 N–H and O–H groups in total.